The highest BCUT2D eigenvalue weighted by Gasteiger charge is 2.51. The molecular weight excluding hydrogens is 1100 g/mol. The van der Waals surface area contributed by atoms with Crippen molar-refractivity contribution in [1.82, 2.24) is 25.8 Å². The molecule has 0 saturated carbocycles. The Labute approximate surface area is 473 Å². The second kappa shape index (κ2) is 23.5. The number of rotatable bonds is 17. The maximum Gasteiger partial charge on any atom is 0.399 e. The van der Waals surface area contributed by atoms with E-state index in [0.29, 0.717) is 71.4 Å². The van der Waals surface area contributed by atoms with E-state index >= 15 is 0 Å². The fourth-order valence-corrected chi connectivity index (χ4v) is 13.1. The normalized spacial score (nSPS) is 19.8. The number of benzene rings is 4. The van der Waals surface area contributed by atoms with E-state index in [1.54, 1.807) is 53.4 Å². The lowest BCUT2D eigenvalue weighted by molar-refractivity contribution is -0.137. The smallest absolute Gasteiger partial charge is 0.370 e. The molecule has 5 aliphatic heterocycles. The van der Waals surface area contributed by atoms with Gasteiger partial charge < -0.3 is 36.0 Å². The topological polar surface area (TPSA) is 283 Å². The lowest BCUT2D eigenvalue weighted by Crippen LogP contribution is -2.56. The molecule has 8 amide bonds. The van der Waals surface area contributed by atoms with Gasteiger partial charge in [0.2, 0.25) is 35.4 Å². The van der Waals surface area contributed by atoms with Crippen molar-refractivity contribution in [3.63, 3.8) is 0 Å². The van der Waals surface area contributed by atoms with Crippen molar-refractivity contribution < 1.29 is 66.3 Å². The van der Waals surface area contributed by atoms with Crippen molar-refractivity contribution in [2.45, 2.75) is 119 Å². The summed E-state index contributed by atoms with van der Waals surface area (Å²) in [4.78, 5) is 145. The van der Waals surface area contributed by atoms with Gasteiger partial charge in [-0.2, -0.15) is 8.78 Å². The Balaban J connectivity index is 0.780. The van der Waals surface area contributed by atoms with E-state index in [1.165, 1.54) is 21.9 Å². The molecule has 2 saturated heterocycles. The molecule has 2 fully saturated rings. The maximum absolute atomic E-state index is 14.7. The van der Waals surface area contributed by atoms with Gasteiger partial charge >= 0.3 is 13.3 Å². The number of nitrogens with one attached hydrogen (secondary N) is 3. The summed E-state index contributed by atoms with van der Waals surface area (Å²) in [5, 5.41) is 7.99. The van der Waals surface area contributed by atoms with Crippen molar-refractivity contribution >= 4 is 87.7 Å². The Bertz CT molecular complexity index is 3570. The van der Waals surface area contributed by atoms with Gasteiger partial charge in [0.05, 0.1) is 22.5 Å². The summed E-state index contributed by atoms with van der Waals surface area (Å²) in [5.41, 5.74) is 4.59. The number of carbonyl (C=O) groups is 9. The van der Waals surface area contributed by atoms with Crippen LogP contribution in [-0.2, 0) is 63.2 Å². The fourth-order valence-electron chi connectivity index (χ4n) is 11.7. The average Bonchev–Trinajstić information content (AvgIpc) is 3.35. The Morgan fingerprint density at radius 2 is 1.63 bits per heavy atom. The fraction of sp³-hybridized carbons (Fsp3) is 0.373. The molecule has 4 aromatic carbocycles. The Morgan fingerprint density at radius 1 is 0.878 bits per heavy atom. The van der Waals surface area contributed by atoms with E-state index in [-0.39, 0.29) is 85.4 Å². The zero-order valence-electron chi connectivity index (χ0n) is 44.2. The second-order valence-corrected chi connectivity index (χ2v) is 24.2. The van der Waals surface area contributed by atoms with Gasteiger partial charge in [0.25, 0.3) is 11.8 Å². The van der Waals surface area contributed by atoms with Crippen LogP contribution in [0.2, 0.25) is 0 Å². The van der Waals surface area contributed by atoms with E-state index < -0.39 is 84.2 Å². The number of ketones is 1. The highest BCUT2D eigenvalue weighted by atomic mass is 32.1. The first-order valence-electron chi connectivity index (χ1n) is 27.1. The molecule has 6 heterocycles. The number of likely N-dealkylation sites (tertiary alicyclic amines) is 1. The van der Waals surface area contributed by atoms with E-state index in [4.69, 9.17) is 5.73 Å². The van der Waals surface area contributed by atoms with Crippen LogP contribution >= 0.6 is 18.9 Å². The number of anilines is 1. The van der Waals surface area contributed by atoms with Crippen LogP contribution in [0.15, 0.2) is 91.0 Å². The molecule has 0 radical (unpaired) electrons. The summed E-state index contributed by atoms with van der Waals surface area (Å²) in [5.74, 6) is 1.01. The number of nitrogens with two attached hydrogens (primary N) is 1. The maximum atomic E-state index is 14.7. The summed E-state index contributed by atoms with van der Waals surface area (Å²) in [6.45, 7) is 1.13. The number of carbonyl (C=O) groups excluding carboxylic acids is 9. The molecule has 5 aliphatic rings. The molecule has 1 unspecified atom stereocenters. The summed E-state index contributed by atoms with van der Waals surface area (Å²) >= 11 is 0.921. The number of hydrogen-bond donors (Lipinski definition) is 6. The molecule has 0 bridgehead atoms. The lowest BCUT2D eigenvalue weighted by atomic mass is 9.87. The van der Waals surface area contributed by atoms with E-state index in [2.05, 4.69) is 27.8 Å². The molecule has 10 rings (SSSR count). The minimum Gasteiger partial charge on any atom is -0.370 e. The predicted octanol–water partition coefficient (Wildman–Crippen LogP) is 5.46. The third-order valence-corrected chi connectivity index (χ3v) is 18.2. The number of nitrogens with zero attached hydrogens (tertiary/aromatic N) is 3. The number of Topliss-reactive ketones (excluding diaryl/α,β-unsaturated/α-hetero) is 1. The second-order valence-electron chi connectivity index (χ2n) is 21.4. The highest BCUT2D eigenvalue weighted by molar-refractivity contribution is 7.52. The molecule has 1 aromatic heterocycles. The van der Waals surface area contributed by atoms with Crippen LogP contribution in [0.3, 0.4) is 0 Å². The standard InChI is InChI=1S/C59H58F2N7O12PS/c60-59(61,81(78,79)80)40-16-20-48-39(28-40)30-49(82-48)55(74)64-44-17-15-36-11-6-12-37-29-46(68(52(36)37)58(44)77)54(73)63-43(18-21-50(62)70)47(69)31-42(35-9-2-1-3-10-35)56(75)66-25-23-33(24-26-66)7-4-5-8-34-13-14-38-32-67(57(76)41(38)27-34)45-19-22-51(71)65-53(45)72/h1-3,6,9-14,16,20,27-28,30,33,42-46H,4,7,15,17-19,21-26,29,31-32H2,(H2,62,70)(H,63,73)(H,64,74)(H,65,71,72)(H2,78,79,80)/t42-,43-,44-,45?,46-/m0/s1. The average molecular weight is 1160 g/mol. The Morgan fingerprint density at radius 3 is 2.37 bits per heavy atom. The number of hydrogen-bond acceptors (Lipinski definition) is 11. The molecule has 5 atom stereocenters. The molecule has 82 heavy (non-hydrogen) atoms. The first-order valence-corrected chi connectivity index (χ1v) is 29.5. The SMILES string of the molecule is NC(=O)CC[C@H](NC(=O)[C@@H]1Cc2cccc3c2N1C(=O)[C@@H](NC(=O)c1cc2cc(C(F)(F)P(=O)(O)O)ccc2s1)CC3)C(=O)C[C@H](C(=O)N1CCC(CCC#Cc2ccc3c(c2)C(=O)N(C2CCC(=O)NC2=O)C3)CC1)c1ccccc1. The van der Waals surface area contributed by atoms with Gasteiger partial charge in [0.1, 0.15) is 18.1 Å². The van der Waals surface area contributed by atoms with Crippen molar-refractivity contribution in [2.75, 3.05) is 18.0 Å². The van der Waals surface area contributed by atoms with Gasteiger partial charge in [-0.05, 0) is 109 Å². The quantitative estimate of drug-likeness (QED) is 0.0385. The van der Waals surface area contributed by atoms with Crippen LogP contribution < -0.4 is 26.6 Å². The number of piperidine rings is 2. The number of amides is 8. The van der Waals surface area contributed by atoms with Crippen LogP contribution in [0.4, 0.5) is 14.5 Å². The van der Waals surface area contributed by atoms with Crippen LogP contribution in [0.1, 0.15) is 124 Å². The molecule has 19 nitrogen and oxygen atoms in total. The first kappa shape index (κ1) is 57.3. The summed E-state index contributed by atoms with van der Waals surface area (Å²) in [6.07, 6.45) is 2.84. The van der Waals surface area contributed by atoms with Crippen molar-refractivity contribution in [3.8, 4) is 11.8 Å². The number of imide groups is 1. The monoisotopic (exact) mass is 1160 g/mol. The Kier molecular flexibility index (Phi) is 16.4. The van der Waals surface area contributed by atoms with Crippen LogP contribution in [0.25, 0.3) is 10.1 Å². The zero-order valence-corrected chi connectivity index (χ0v) is 45.9. The van der Waals surface area contributed by atoms with Crippen LogP contribution in [0.5, 0.6) is 0 Å². The molecule has 23 heteroatoms. The highest BCUT2D eigenvalue weighted by Crippen LogP contribution is 2.59. The largest absolute Gasteiger partial charge is 0.399 e. The Hall–Kier alpha value is -7.96. The van der Waals surface area contributed by atoms with Gasteiger partial charge in [-0.3, -0.25) is 57.9 Å². The van der Waals surface area contributed by atoms with Gasteiger partial charge in [-0.1, -0.05) is 72.5 Å². The van der Waals surface area contributed by atoms with Gasteiger partial charge in [-0.25, -0.2) is 0 Å². The molecule has 0 aliphatic carbocycles. The minimum absolute atomic E-state index is 0.0291. The third kappa shape index (κ3) is 11.9. The lowest BCUT2D eigenvalue weighted by Gasteiger charge is -2.34. The van der Waals surface area contributed by atoms with Crippen LogP contribution in [0, 0.1) is 17.8 Å². The summed E-state index contributed by atoms with van der Waals surface area (Å²) in [7, 11) is -5.87. The predicted molar refractivity (Wildman–Crippen MR) is 296 cm³/mol. The third-order valence-electron chi connectivity index (χ3n) is 16.1. The van der Waals surface area contributed by atoms with Crippen molar-refractivity contribution in [2.24, 2.45) is 11.7 Å². The molecule has 7 N–H and O–H groups in total. The summed E-state index contributed by atoms with van der Waals surface area (Å²) < 4.78 is 41.1. The van der Waals surface area contributed by atoms with Gasteiger partial charge in [-0.15, -0.1) is 11.3 Å². The van der Waals surface area contributed by atoms with Crippen molar-refractivity contribution in [1.29, 1.82) is 0 Å². The first-order chi connectivity index (χ1) is 39.1. The van der Waals surface area contributed by atoms with Crippen molar-refractivity contribution in [3.05, 3.63) is 135 Å². The van der Waals surface area contributed by atoms with Crippen LogP contribution in [-0.4, -0.2) is 110 Å². The summed E-state index contributed by atoms with van der Waals surface area (Å²) in [6, 6.07) is 19.5. The zero-order chi connectivity index (χ0) is 58.2. The number of para-hydroxylation sites is 1. The number of aryl methyl sites for hydroxylation is 1. The number of primary amides is 1. The number of alkyl halides is 2. The molecule has 0 spiro atoms. The molecule has 426 valence electrons. The molecular formula is C59H58F2N7O12PS. The van der Waals surface area contributed by atoms with E-state index in [9.17, 15) is 66.3 Å². The number of halogens is 2. The van der Waals surface area contributed by atoms with Gasteiger partial charge in [0.15, 0.2) is 5.78 Å². The van der Waals surface area contributed by atoms with Gasteiger partial charge in [0, 0.05) is 73.1 Å². The van der Waals surface area contributed by atoms with E-state index in [1.807, 2.05) is 18.2 Å². The number of fused-ring (bicyclic) bond motifs is 2. The minimum atomic E-state index is -5.87. The number of thiophene rings is 1. The van der Waals surface area contributed by atoms with E-state index in [0.717, 1.165) is 41.0 Å². The molecule has 5 aromatic rings.